The van der Waals surface area contributed by atoms with Crippen LogP contribution in [0.1, 0.15) is 44.4 Å². The number of alkyl halides is 3. The normalized spacial score (nSPS) is 12.8. The Morgan fingerprint density at radius 1 is 1.19 bits per heavy atom. The lowest BCUT2D eigenvalue weighted by atomic mass is 10.0. The molecule has 0 heterocycles. The molecule has 0 fully saturated rings. The molecule has 2 nitrogen and oxygen atoms in total. The first-order valence-electron chi connectivity index (χ1n) is 7.11. The van der Waals surface area contributed by atoms with E-state index in [1.165, 1.54) is 0 Å². The third-order valence-corrected chi connectivity index (χ3v) is 4.21. The molecule has 0 aromatic heterocycles. The highest BCUT2D eigenvalue weighted by Gasteiger charge is 2.40. The van der Waals surface area contributed by atoms with Crippen LogP contribution < -0.4 is 0 Å². The second-order valence-corrected chi connectivity index (χ2v) is 5.74. The minimum atomic E-state index is -4.70. The van der Waals surface area contributed by atoms with Crippen molar-refractivity contribution in [2.45, 2.75) is 53.1 Å². The van der Waals surface area contributed by atoms with Gasteiger partial charge in [-0.2, -0.15) is 13.2 Å². The van der Waals surface area contributed by atoms with E-state index >= 15 is 0 Å². The Labute approximate surface area is 127 Å². The molecule has 1 aromatic carbocycles. The number of benzene rings is 1. The molecule has 1 rings (SSSR count). The third kappa shape index (κ3) is 6.18. The summed E-state index contributed by atoms with van der Waals surface area (Å²) >= 11 is 0. The maximum atomic E-state index is 12.5. The van der Waals surface area contributed by atoms with E-state index in [4.69, 9.17) is 0 Å². The van der Waals surface area contributed by atoms with Crippen molar-refractivity contribution in [3.63, 3.8) is 0 Å². The van der Waals surface area contributed by atoms with Crippen LogP contribution in [-0.4, -0.2) is 20.6 Å². The van der Waals surface area contributed by atoms with E-state index in [0.29, 0.717) is 0 Å². The van der Waals surface area contributed by atoms with Crippen molar-refractivity contribution in [2.75, 3.05) is 6.54 Å². The van der Waals surface area contributed by atoms with Crippen molar-refractivity contribution in [2.24, 2.45) is 0 Å². The second kappa shape index (κ2) is 9.20. The molecular formula is C15H24F3NOS. The van der Waals surface area contributed by atoms with Gasteiger partial charge in [0.05, 0.1) is 0 Å². The van der Waals surface area contributed by atoms with Gasteiger partial charge in [-0.1, -0.05) is 45.9 Å². The van der Waals surface area contributed by atoms with E-state index < -0.39 is 16.5 Å². The molecule has 0 radical (unpaired) electrons. The molecule has 0 saturated carbocycles. The smallest absolute Gasteiger partial charge is 0.233 e. The minimum absolute atomic E-state index is 0.0439. The maximum Gasteiger partial charge on any atom is 0.485 e. The van der Waals surface area contributed by atoms with Gasteiger partial charge in [-0.25, -0.2) is 8.51 Å². The van der Waals surface area contributed by atoms with Crippen LogP contribution in [-0.2, 0) is 24.0 Å². The van der Waals surface area contributed by atoms with Gasteiger partial charge in [0.15, 0.2) is 0 Å². The van der Waals surface area contributed by atoms with Crippen LogP contribution >= 0.6 is 0 Å². The monoisotopic (exact) mass is 323 g/mol. The summed E-state index contributed by atoms with van der Waals surface area (Å²) in [6.07, 6.45) is 0.821. The van der Waals surface area contributed by atoms with Gasteiger partial charge in [-0.3, -0.25) is 0 Å². The molecule has 122 valence electrons. The predicted molar refractivity (Wildman–Crippen MR) is 82.2 cm³/mol. The van der Waals surface area contributed by atoms with Crippen LogP contribution in [0.3, 0.4) is 0 Å². The highest BCUT2D eigenvalue weighted by molar-refractivity contribution is 7.83. The van der Waals surface area contributed by atoms with Gasteiger partial charge in [0.25, 0.3) is 0 Å². The number of nitrogens with zero attached hydrogens (tertiary/aromatic N) is 1. The zero-order chi connectivity index (χ0) is 16.6. The molecule has 0 amide bonds. The Morgan fingerprint density at radius 2 is 1.76 bits per heavy atom. The summed E-state index contributed by atoms with van der Waals surface area (Å²) in [6.45, 7) is 9.53. The largest absolute Gasteiger partial charge is 0.485 e. The summed E-state index contributed by atoms with van der Waals surface area (Å²) in [4.78, 5) is 0. The Morgan fingerprint density at radius 3 is 2.19 bits per heavy atom. The Kier molecular flexibility index (Phi) is 8.82. The average Bonchev–Trinajstić information content (AvgIpc) is 2.47. The van der Waals surface area contributed by atoms with Crippen LogP contribution in [0.4, 0.5) is 13.2 Å². The van der Waals surface area contributed by atoms with Crippen molar-refractivity contribution in [1.82, 2.24) is 4.31 Å². The second-order valence-electron chi connectivity index (χ2n) is 4.27. The number of hydrogen-bond donors (Lipinski definition) is 0. The van der Waals surface area contributed by atoms with E-state index in [1.54, 1.807) is 6.92 Å². The lowest BCUT2D eigenvalue weighted by Crippen LogP contribution is -2.34. The molecule has 1 unspecified atom stereocenters. The maximum absolute atomic E-state index is 12.5. The summed E-state index contributed by atoms with van der Waals surface area (Å²) in [5.74, 6) is 0. The Bertz CT molecular complexity index is 461. The molecule has 21 heavy (non-hydrogen) atoms. The summed E-state index contributed by atoms with van der Waals surface area (Å²) < 4.78 is 49.8. The lowest BCUT2D eigenvalue weighted by molar-refractivity contribution is -0.0429. The predicted octanol–water partition coefficient (Wildman–Crippen LogP) is 4.59. The molecule has 0 aliphatic carbocycles. The molecule has 0 N–H and O–H groups in total. The molecule has 0 aliphatic heterocycles. The van der Waals surface area contributed by atoms with Crippen LogP contribution in [0.15, 0.2) is 18.2 Å². The van der Waals surface area contributed by atoms with Crippen molar-refractivity contribution in [1.29, 1.82) is 0 Å². The van der Waals surface area contributed by atoms with Gasteiger partial charge in [0.1, 0.15) is 0 Å². The SMILES string of the molecule is CC.CCc1ccc(C)c(CN(CC)S(=O)C(F)(F)F)c1. The number of aryl methyl sites for hydroxylation is 2. The molecule has 0 spiro atoms. The average molecular weight is 323 g/mol. The highest BCUT2D eigenvalue weighted by atomic mass is 32.2. The van der Waals surface area contributed by atoms with Gasteiger partial charge in [0.2, 0.25) is 11.0 Å². The number of hydrogen-bond acceptors (Lipinski definition) is 1. The van der Waals surface area contributed by atoms with Crippen molar-refractivity contribution in [3.8, 4) is 0 Å². The van der Waals surface area contributed by atoms with E-state index in [-0.39, 0.29) is 13.1 Å². The molecule has 0 aliphatic rings. The first-order chi connectivity index (χ1) is 9.79. The zero-order valence-corrected chi connectivity index (χ0v) is 14.1. The first-order valence-corrected chi connectivity index (χ1v) is 8.22. The summed E-state index contributed by atoms with van der Waals surface area (Å²) in [5, 5.41) is 0. The van der Waals surface area contributed by atoms with Gasteiger partial charge < -0.3 is 0 Å². The van der Waals surface area contributed by atoms with Gasteiger partial charge in [-0.15, -0.1) is 0 Å². The molecule has 1 aromatic rings. The fraction of sp³-hybridized carbons (Fsp3) is 0.600. The van der Waals surface area contributed by atoms with Crippen LogP contribution in [0.2, 0.25) is 0 Å². The fourth-order valence-electron chi connectivity index (χ4n) is 1.74. The van der Waals surface area contributed by atoms with E-state index in [1.807, 2.05) is 45.9 Å². The molecule has 0 bridgehead atoms. The summed E-state index contributed by atoms with van der Waals surface area (Å²) in [7, 11) is -2.96. The minimum Gasteiger partial charge on any atom is -0.233 e. The zero-order valence-electron chi connectivity index (χ0n) is 13.3. The van der Waals surface area contributed by atoms with Crippen molar-refractivity contribution >= 4 is 11.0 Å². The van der Waals surface area contributed by atoms with Gasteiger partial charge >= 0.3 is 5.51 Å². The summed E-state index contributed by atoms with van der Waals surface area (Å²) in [5.41, 5.74) is -1.94. The number of halogens is 3. The summed E-state index contributed by atoms with van der Waals surface area (Å²) in [6, 6.07) is 5.72. The first kappa shape index (κ1) is 20.1. The van der Waals surface area contributed by atoms with E-state index in [9.17, 15) is 17.4 Å². The fourth-order valence-corrected chi connectivity index (χ4v) is 2.52. The van der Waals surface area contributed by atoms with E-state index in [2.05, 4.69) is 0 Å². The lowest BCUT2D eigenvalue weighted by Gasteiger charge is -2.21. The Balaban J connectivity index is 0.00000191. The molecular weight excluding hydrogens is 299 g/mol. The van der Waals surface area contributed by atoms with Crippen LogP contribution in [0, 0.1) is 6.92 Å². The van der Waals surface area contributed by atoms with Crippen molar-refractivity contribution in [3.05, 3.63) is 34.9 Å². The molecule has 1 atom stereocenters. The van der Waals surface area contributed by atoms with Crippen LogP contribution in [0.5, 0.6) is 0 Å². The van der Waals surface area contributed by atoms with E-state index in [0.717, 1.165) is 27.4 Å². The quantitative estimate of drug-likeness (QED) is 0.776. The topological polar surface area (TPSA) is 20.3 Å². The van der Waals surface area contributed by atoms with Gasteiger partial charge in [-0.05, 0) is 30.0 Å². The third-order valence-electron chi connectivity index (χ3n) is 2.95. The standard InChI is InChI=1S/C13H18F3NOS.C2H6/c1-4-11-7-6-10(3)12(8-11)9-17(5-2)19(18)13(14,15)16;1-2/h6-8H,4-5,9H2,1-3H3;1-2H3. The van der Waals surface area contributed by atoms with Gasteiger partial charge in [0, 0.05) is 13.1 Å². The van der Waals surface area contributed by atoms with Crippen molar-refractivity contribution < 1.29 is 17.4 Å². The molecule has 0 saturated heterocycles. The van der Waals surface area contributed by atoms with Crippen LogP contribution in [0.25, 0.3) is 0 Å². The number of rotatable bonds is 5. The Hall–Kier alpha value is -0.880. The molecule has 6 heteroatoms. The highest BCUT2D eigenvalue weighted by Crippen LogP contribution is 2.25.